The monoisotopic (exact) mass is 264 g/mol. The second kappa shape index (κ2) is 4.09. The van der Waals surface area contributed by atoms with Crippen LogP contribution in [0.15, 0.2) is 12.2 Å². The van der Waals surface area contributed by atoms with Crippen LogP contribution in [0.25, 0.3) is 0 Å². The number of allylic oxidation sites excluding steroid dienone is 2. The highest BCUT2D eigenvalue weighted by molar-refractivity contribution is 6.41. The van der Waals surface area contributed by atoms with E-state index in [0.717, 1.165) is 0 Å². The number of ether oxygens (including phenoxy) is 2. The van der Waals surface area contributed by atoms with Crippen molar-refractivity contribution in [1.29, 1.82) is 0 Å². The van der Waals surface area contributed by atoms with Crippen LogP contribution in [0.1, 0.15) is 19.3 Å². The van der Waals surface area contributed by atoms with Crippen molar-refractivity contribution in [2.24, 2.45) is 11.3 Å². The lowest BCUT2D eigenvalue weighted by Crippen LogP contribution is -2.65. The van der Waals surface area contributed by atoms with Gasteiger partial charge in [0.05, 0.1) is 12.0 Å². The Hall–Kier alpha value is -1.82. The summed E-state index contributed by atoms with van der Waals surface area (Å²) in [6, 6.07) is 0. The number of carbonyl (C=O) groups is 4. The molecule has 6 heteroatoms. The first kappa shape index (κ1) is 12.2. The molecule has 2 atom stereocenters. The first-order valence-corrected chi connectivity index (χ1v) is 6.20. The van der Waals surface area contributed by atoms with Gasteiger partial charge in [-0.15, -0.1) is 0 Å². The average molecular weight is 264 g/mol. The molecule has 0 aromatic carbocycles. The van der Waals surface area contributed by atoms with Gasteiger partial charge >= 0.3 is 11.9 Å². The maximum atomic E-state index is 12.0. The Kier molecular flexibility index (Phi) is 2.63. The fraction of sp³-hybridized carbons (Fsp3) is 0.538. The molecular formula is C13H12O6. The van der Waals surface area contributed by atoms with Crippen LogP contribution in [0.2, 0.25) is 0 Å². The summed E-state index contributed by atoms with van der Waals surface area (Å²) in [5, 5.41) is 0. The second-order valence-electron chi connectivity index (χ2n) is 4.95. The highest BCUT2D eigenvalue weighted by atomic mass is 16.6. The molecule has 0 N–H and O–H groups in total. The topological polar surface area (TPSA) is 86.7 Å². The van der Waals surface area contributed by atoms with E-state index in [4.69, 9.17) is 4.74 Å². The lowest BCUT2D eigenvalue weighted by Gasteiger charge is -2.43. The zero-order valence-corrected chi connectivity index (χ0v) is 10.1. The maximum absolute atomic E-state index is 12.0. The molecule has 2 heterocycles. The first-order chi connectivity index (χ1) is 9.08. The van der Waals surface area contributed by atoms with Crippen LogP contribution >= 0.6 is 0 Å². The Bertz CT molecular complexity index is 497. The van der Waals surface area contributed by atoms with Gasteiger partial charge in [-0.25, -0.2) is 0 Å². The Labute approximate surface area is 108 Å². The van der Waals surface area contributed by atoms with Crippen molar-refractivity contribution < 1.29 is 28.7 Å². The van der Waals surface area contributed by atoms with Gasteiger partial charge in [-0.1, -0.05) is 12.2 Å². The van der Waals surface area contributed by atoms with Crippen molar-refractivity contribution in [2.45, 2.75) is 25.4 Å². The summed E-state index contributed by atoms with van der Waals surface area (Å²) < 4.78 is 9.87. The highest BCUT2D eigenvalue weighted by Crippen LogP contribution is 2.48. The predicted molar refractivity (Wildman–Crippen MR) is 59.8 cm³/mol. The molecule has 2 saturated heterocycles. The van der Waals surface area contributed by atoms with Gasteiger partial charge in [0.2, 0.25) is 17.0 Å². The van der Waals surface area contributed by atoms with Gasteiger partial charge in [0.1, 0.15) is 0 Å². The quantitative estimate of drug-likeness (QED) is 0.301. The Morgan fingerprint density at radius 1 is 1.16 bits per heavy atom. The summed E-state index contributed by atoms with van der Waals surface area (Å²) in [6.07, 6.45) is 3.54. The van der Waals surface area contributed by atoms with E-state index in [9.17, 15) is 19.2 Å². The molecule has 0 aromatic rings. The zero-order chi connectivity index (χ0) is 13.6. The van der Waals surface area contributed by atoms with Crippen molar-refractivity contribution in [1.82, 2.24) is 0 Å². The molecule has 2 fully saturated rings. The van der Waals surface area contributed by atoms with Gasteiger partial charge in [-0.2, -0.15) is 0 Å². The van der Waals surface area contributed by atoms with Gasteiger partial charge in [0.25, 0.3) is 0 Å². The number of Topliss-reactive ketones (excluding diaryl/α,β-unsaturated/α-hetero) is 2. The van der Waals surface area contributed by atoms with Crippen LogP contribution in [0, 0.1) is 11.3 Å². The third-order valence-corrected chi connectivity index (χ3v) is 3.98. The molecule has 0 saturated carbocycles. The van der Waals surface area contributed by atoms with E-state index >= 15 is 0 Å². The van der Waals surface area contributed by atoms with E-state index in [1.807, 2.05) is 0 Å². The number of ketones is 2. The van der Waals surface area contributed by atoms with Crippen molar-refractivity contribution in [2.75, 3.05) is 6.61 Å². The summed E-state index contributed by atoms with van der Waals surface area (Å²) in [6.45, 7) is 0.436. The molecule has 0 amide bonds. The lowest BCUT2D eigenvalue weighted by molar-refractivity contribution is -0.213. The van der Waals surface area contributed by atoms with Crippen LogP contribution in [0.5, 0.6) is 0 Å². The van der Waals surface area contributed by atoms with Crippen LogP contribution in [-0.4, -0.2) is 36.2 Å². The largest absolute Gasteiger partial charge is 0.391 e. The fourth-order valence-corrected chi connectivity index (χ4v) is 2.98. The molecule has 3 aliphatic rings. The van der Waals surface area contributed by atoms with E-state index in [1.54, 1.807) is 0 Å². The molecule has 3 rings (SSSR count). The molecular weight excluding hydrogens is 252 g/mol. The molecule has 100 valence electrons. The fourth-order valence-electron chi connectivity index (χ4n) is 2.98. The normalized spacial score (nSPS) is 33.3. The molecule has 6 nitrogen and oxygen atoms in total. The van der Waals surface area contributed by atoms with E-state index in [2.05, 4.69) is 4.74 Å². The Morgan fingerprint density at radius 2 is 1.89 bits per heavy atom. The van der Waals surface area contributed by atoms with Crippen molar-refractivity contribution in [3.63, 3.8) is 0 Å². The van der Waals surface area contributed by atoms with Gasteiger partial charge in [-0.05, 0) is 12.8 Å². The number of hydrogen-bond acceptors (Lipinski definition) is 6. The summed E-state index contributed by atoms with van der Waals surface area (Å²) in [5.41, 5.74) is -1.64. The molecule has 1 aliphatic carbocycles. The van der Waals surface area contributed by atoms with E-state index in [-0.39, 0.29) is 6.42 Å². The predicted octanol–water partition coefficient (Wildman–Crippen LogP) is -0.0505. The van der Waals surface area contributed by atoms with Crippen LogP contribution < -0.4 is 0 Å². The standard InChI is InChI=1S/C13H12O6/c14-8-4-1-3-7(10(8)15)13(9-5-2-6-18-9)11(16)19-12(13)17/h1,3,7,9H,2,4-6H2. The smallest absolute Gasteiger partial charge is 0.335 e. The average Bonchev–Trinajstić information content (AvgIpc) is 2.89. The summed E-state index contributed by atoms with van der Waals surface area (Å²) in [4.78, 5) is 47.3. The Morgan fingerprint density at radius 3 is 2.47 bits per heavy atom. The number of carbonyl (C=O) groups excluding carboxylic acids is 4. The summed E-state index contributed by atoms with van der Waals surface area (Å²) in [5.74, 6) is -3.89. The molecule has 0 spiro atoms. The maximum Gasteiger partial charge on any atom is 0.335 e. The minimum absolute atomic E-state index is 0.0141. The summed E-state index contributed by atoms with van der Waals surface area (Å²) in [7, 11) is 0. The minimum atomic E-state index is -1.64. The number of esters is 2. The SMILES string of the molecule is O=C1CC=CC(C2(C3CCCO3)C(=O)OC2=O)C1=O. The molecule has 0 radical (unpaired) electrons. The zero-order valence-electron chi connectivity index (χ0n) is 10.1. The van der Waals surface area contributed by atoms with Gasteiger partial charge < -0.3 is 9.47 Å². The molecule has 0 bridgehead atoms. The van der Waals surface area contributed by atoms with Gasteiger partial charge in [0, 0.05) is 13.0 Å². The van der Waals surface area contributed by atoms with Gasteiger partial charge in [0.15, 0.2) is 0 Å². The van der Waals surface area contributed by atoms with Crippen LogP contribution in [-0.2, 0) is 28.7 Å². The molecule has 0 aromatic heterocycles. The third-order valence-electron chi connectivity index (χ3n) is 3.98. The van der Waals surface area contributed by atoms with E-state index < -0.39 is 40.9 Å². The summed E-state index contributed by atoms with van der Waals surface area (Å²) >= 11 is 0. The van der Waals surface area contributed by atoms with Crippen LogP contribution in [0.4, 0.5) is 0 Å². The molecule has 2 unspecified atom stereocenters. The van der Waals surface area contributed by atoms with Gasteiger partial charge in [-0.3, -0.25) is 19.2 Å². The van der Waals surface area contributed by atoms with E-state index in [1.165, 1.54) is 12.2 Å². The minimum Gasteiger partial charge on any atom is -0.391 e. The highest BCUT2D eigenvalue weighted by Gasteiger charge is 2.70. The number of cyclic esters (lactones) is 2. The van der Waals surface area contributed by atoms with Crippen LogP contribution in [0.3, 0.4) is 0 Å². The molecule has 19 heavy (non-hydrogen) atoms. The van der Waals surface area contributed by atoms with Crippen molar-refractivity contribution in [3.8, 4) is 0 Å². The van der Waals surface area contributed by atoms with E-state index in [0.29, 0.717) is 19.4 Å². The van der Waals surface area contributed by atoms with Crippen molar-refractivity contribution >= 4 is 23.5 Å². The van der Waals surface area contributed by atoms with Crippen molar-refractivity contribution in [3.05, 3.63) is 12.2 Å². The Balaban J connectivity index is 2.05. The number of hydrogen-bond donors (Lipinski definition) is 0. The first-order valence-electron chi connectivity index (χ1n) is 6.20. The lowest BCUT2D eigenvalue weighted by atomic mass is 9.64. The number of rotatable bonds is 2. The molecule has 2 aliphatic heterocycles. The third kappa shape index (κ3) is 1.46. The second-order valence-corrected chi connectivity index (χ2v) is 4.95.